The van der Waals surface area contributed by atoms with Crippen molar-refractivity contribution in [2.75, 3.05) is 5.32 Å². The fraction of sp³-hybridized carbons (Fsp3) is 0.211. The van der Waals surface area contributed by atoms with Crippen molar-refractivity contribution < 1.29 is 13.2 Å². The van der Waals surface area contributed by atoms with Gasteiger partial charge >= 0.3 is 0 Å². The lowest BCUT2D eigenvalue weighted by atomic mass is 10.1. The predicted molar refractivity (Wildman–Crippen MR) is 109 cm³/mol. The number of rotatable bonds is 6. The van der Waals surface area contributed by atoms with Crippen LogP contribution in [0.4, 0.5) is 5.69 Å². The van der Waals surface area contributed by atoms with Crippen LogP contribution in [0.3, 0.4) is 0 Å². The SMILES string of the molecule is Cc1cc(C)c(S(=O)(=O)NCc2nnc(C(=O)Nc3ccccc3)s2)c(C)c1. The highest BCUT2D eigenvalue weighted by molar-refractivity contribution is 7.89. The van der Waals surface area contributed by atoms with Crippen LogP contribution in [-0.2, 0) is 16.6 Å². The molecule has 0 radical (unpaired) electrons. The average molecular weight is 417 g/mol. The van der Waals surface area contributed by atoms with Crippen LogP contribution in [0.25, 0.3) is 0 Å². The van der Waals surface area contributed by atoms with Crippen molar-refractivity contribution in [2.45, 2.75) is 32.2 Å². The van der Waals surface area contributed by atoms with Gasteiger partial charge in [-0.3, -0.25) is 4.79 Å². The van der Waals surface area contributed by atoms with Crippen LogP contribution < -0.4 is 10.0 Å². The molecule has 0 saturated carbocycles. The van der Waals surface area contributed by atoms with Crippen molar-refractivity contribution in [3.8, 4) is 0 Å². The van der Waals surface area contributed by atoms with Crippen molar-refractivity contribution in [3.63, 3.8) is 0 Å². The number of nitrogens with zero attached hydrogens (tertiary/aromatic N) is 2. The van der Waals surface area contributed by atoms with Crippen molar-refractivity contribution >= 4 is 33.0 Å². The molecule has 0 aliphatic rings. The largest absolute Gasteiger partial charge is 0.320 e. The van der Waals surface area contributed by atoms with Crippen LogP contribution in [0.15, 0.2) is 47.4 Å². The molecule has 1 aromatic heterocycles. The Kier molecular flexibility index (Phi) is 5.87. The Morgan fingerprint density at radius 1 is 1.04 bits per heavy atom. The minimum atomic E-state index is -3.71. The summed E-state index contributed by atoms with van der Waals surface area (Å²) in [6.45, 7) is 5.43. The Morgan fingerprint density at radius 2 is 1.68 bits per heavy atom. The Labute approximate surface area is 167 Å². The summed E-state index contributed by atoms with van der Waals surface area (Å²) in [6.07, 6.45) is 0. The quantitative estimate of drug-likeness (QED) is 0.643. The number of carbonyl (C=O) groups is 1. The molecule has 28 heavy (non-hydrogen) atoms. The molecule has 0 saturated heterocycles. The van der Waals surface area contributed by atoms with Gasteiger partial charge in [-0.1, -0.05) is 47.2 Å². The highest BCUT2D eigenvalue weighted by Gasteiger charge is 2.21. The predicted octanol–water partition coefficient (Wildman–Crippen LogP) is 3.19. The number of anilines is 1. The van der Waals surface area contributed by atoms with Crippen molar-refractivity contribution in [2.24, 2.45) is 0 Å². The van der Waals surface area contributed by atoms with E-state index in [9.17, 15) is 13.2 Å². The van der Waals surface area contributed by atoms with Crippen LogP contribution in [0, 0.1) is 20.8 Å². The lowest BCUT2D eigenvalue weighted by Gasteiger charge is -2.12. The van der Waals surface area contributed by atoms with E-state index in [-0.39, 0.29) is 22.4 Å². The third-order valence-corrected chi connectivity index (χ3v) is 6.61. The second-order valence-electron chi connectivity index (χ2n) is 6.37. The van der Waals surface area contributed by atoms with E-state index in [0.29, 0.717) is 21.8 Å². The minimum absolute atomic E-state index is 0.0363. The first kappa shape index (κ1) is 20.1. The van der Waals surface area contributed by atoms with Gasteiger partial charge in [-0.2, -0.15) is 0 Å². The zero-order valence-corrected chi connectivity index (χ0v) is 17.3. The molecule has 0 fully saturated rings. The zero-order valence-electron chi connectivity index (χ0n) is 15.7. The molecule has 7 nitrogen and oxygen atoms in total. The Hall–Kier alpha value is -2.62. The minimum Gasteiger partial charge on any atom is -0.320 e. The maximum Gasteiger partial charge on any atom is 0.286 e. The summed E-state index contributed by atoms with van der Waals surface area (Å²) >= 11 is 1.05. The maximum absolute atomic E-state index is 12.7. The molecule has 9 heteroatoms. The molecular formula is C19H20N4O3S2. The van der Waals surface area contributed by atoms with Gasteiger partial charge in [0.1, 0.15) is 5.01 Å². The van der Waals surface area contributed by atoms with Gasteiger partial charge in [-0.25, -0.2) is 13.1 Å². The van der Waals surface area contributed by atoms with E-state index in [2.05, 4.69) is 20.2 Å². The number of nitrogens with one attached hydrogen (secondary N) is 2. The number of para-hydroxylation sites is 1. The summed E-state index contributed by atoms with van der Waals surface area (Å²) in [5.74, 6) is -0.386. The topological polar surface area (TPSA) is 101 Å². The van der Waals surface area contributed by atoms with E-state index >= 15 is 0 Å². The van der Waals surface area contributed by atoms with Gasteiger partial charge in [0.25, 0.3) is 5.91 Å². The average Bonchev–Trinajstić information content (AvgIpc) is 3.09. The lowest BCUT2D eigenvalue weighted by molar-refractivity contribution is 0.102. The number of hydrogen-bond acceptors (Lipinski definition) is 6. The Morgan fingerprint density at radius 3 is 2.32 bits per heavy atom. The summed E-state index contributed by atoms with van der Waals surface area (Å²) in [7, 11) is -3.71. The molecule has 0 spiro atoms. The highest BCUT2D eigenvalue weighted by atomic mass is 32.2. The number of hydrogen-bond donors (Lipinski definition) is 2. The Bertz CT molecular complexity index is 1090. The van der Waals surface area contributed by atoms with E-state index in [1.165, 1.54) is 0 Å². The highest BCUT2D eigenvalue weighted by Crippen LogP contribution is 2.22. The summed E-state index contributed by atoms with van der Waals surface area (Å²) in [5.41, 5.74) is 3.03. The number of amides is 1. The van der Waals surface area contributed by atoms with Gasteiger partial charge in [0.15, 0.2) is 0 Å². The standard InChI is InChI=1S/C19H20N4O3S2/c1-12-9-13(2)17(14(3)10-12)28(25,26)20-11-16-22-23-19(27-16)18(24)21-15-7-5-4-6-8-15/h4-10,20H,11H2,1-3H3,(H,21,24). The van der Waals surface area contributed by atoms with E-state index in [0.717, 1.165) is 16.9 Å². The number of aromatic nitrogens is 2. The molecule has 0 atom stereocenters. The van der Waals surface area contributed by atoms with Crippen LogP contribution in [0.5, 0.6) is 0 Å². The molecule has 146 valence electrons. The van der Waals surface area contributed by atoms with E-state index in [1.807, 2.05) is 37.3 Å². The van der Waals surface area contributed by atoms with Crippen molar-refractivity contribution in [1.82, 2.24) is 14.9 Å². The van der Waals surface area contributed by atoms with E-state index in [1.54, 1.807) is 26.0 Å². The number of sulfonamides is 1. The van der Waals surface area contributed by atoms with Crippen LogP contribution >= 0.6 is 11.3 Å². The molecule has 3 aromatic rings. The molecule has 1 heterocycles. The summed E-state index contributed by atoms with van der Waals surface area (Å²) < 4.78 is 28.0. The molecule has 0 unspecified atom stereocenters. The fourth-order valence-electron chi connectivity index (χ4n) is 2.94. The van der Waals surface area contributed by atoms with Crippen LogP contribution in [0.1, 0.15) is 31.5 Å². The Balaban J connectivity index is 1.70. The molecule has 3 rings (SSSR count). The summed E-state index contributed by atoms with van der Waals surface area (Å²) in [4.78, 5) is 12.5. The molecule has 0 bridgehead atoms. The normalized spacial score (nSPS) is 11.4. The van der Waals surface area contributed by atoms with Gasteiger partial charge in [0, 0.05) is 5.69 Å². The van der Waals surface area contributed by atoms with Gasteiger partial charge < -0.3 is 5.32 Å². The number of carbonyl (C=O) groups excluding carboxylic acids is 1. The van der Waals surface area contributed by atoms with Crippen LogP contribution in [0.2, 0.25) is 0 Å². The van der Waals surface area contributed by atoms with Crippen molar-refractivity contribution in [1.29, 1.82) is 0 Å². The molecular weight excluding hydrogens is 396 g/mol. The zero-order chi connectivity index (χ0) is 20.3. The van der Waals surface area contributed by atoms with Crippen molar-refractivity contribution in [3.05, 3.63) is 69.2 Å². The molecule has 2 aromatic carbocycles. The first-order chi connectivity index (χ1) is 13.3. The molecule has 0 aliphatic heterocycles. The fourth-order valence-corrected chi connectivity index (χ4v) is 5.15. The van der Waals surface area contributed by atoms with Gasteiger partial charge in [-0.05, 0) is 44.0 Å². The summed E-state index contributed by atoms with van der Waals surface area (Å²) in [5, 5.41) is 11.1. The summed E-state index contributed by atoms with van der Waals surface area (Å²) in [6, 6.07) is 12.7. The maximum atomic E-state index is 12.7. The van der Waals surface area contributed by atoms with Gasteiger partial charge in [-0.15, -0.1) is 10.2 Å². The smallest absolute Gasteiger partial charge is 0.286 e. The number of aryl methyl sites for hydroxylation is 3. The lowest BCUT2D eigenvalue weighted by Crippen LogP contribution is -2.25. The first-order valence-electron chi connectivity index (χ1n) is 8.52. The van der Waals surface area contributed by atoms with Gasteiger partial charge in [0.2, 0.25) is 15.0 Å². The van der Waals surface area contributed by atoms with E-state index in [4.69, 9.17) is 0 Å². The third-order valence-electron chi connectivity index (χ3n) is 3.98. The van der Waals surface area contributed by atoms with E-state index < -0.39 is 10.0 Å². The third kappa shape index (κ3) is 4.61. The number of benzene rings is 2. The molecule has 2 N–H and O–H groups in total. The monoisotopic (exact) mass is 416 g/mol. The first-order valence-corrected chi connectivity index (χ1v) is 10.8. The molecule has 0 aliphatic carbocycles. The second-order valence-corrected chi connectivity index (χ2v) is 9.14. The van der Waals surface area contributed by atoms with Gasteiger partial charge in [0.05, 0.1) is 11.4 Å². The molecule has 1 amide bonds. The van der Waals surface area contributed by atoms with Crippen LogP contribution in [-0.4, -0.2) is 24.5 Å². The second kappa shape index (κ2) is 8.17.